The van der Waals surface area contributed by atoms with E-state index in [1.165, 1.54) is 42.7 Å². The molecule has 0 spiro atoms. The number of sulfonamides is 2. The lowest BCUT2D eigenvalue weighted by atomic mass is 10.3. The fraction of sp³-hybridized carbons (Fsp3) is 0.538. The van der Waals surface area contributed by atoms with Crippen LogP contribution in [-0.4, -0.2) is 65.2 Å². The molecule has 10 heteroatoms. The molecule has 1 aliphatic heterocycles. The molecule has 0 bridgehead atoms. The molecule has 1 aromatic carbocycles. The predicted octanol–water partition coefficient (Wildman–Crippen LogP) is 0.341. The summed E-state index contributed by atoms with van der Waals surface area (Å²) in [6, 6.07) is 5.56. The summed E-state index contributed by atoms with van der Waals surface area (Å²) in [6.07, 6.45) is 0. The van der Waals surface area contributed by atoms with Crippen molar-refractivity contribution in [1.29, 1.82) is 0 Å². The minimum Gasteiger partial charge on any atom is -0.312 e. The van der Waals surface area contributed by atoms with Crippen molar-refractivity contribution in [3.63, 3.8) is 0 Å². The molecule has 0 aromatic heterocycles. The number of hydrogen-bond acceptors (Lipinski definition) is 5. The summed E-state index contributed by atoms with van der Waals surface area (Å²) in [5.74, 6) is 0. The van der Waals surface area contributed by atoms with Gasteiger partial charge in [0, 0.05) is 39.8 Å². The molecular formula is C13H22ClN3O4S2. The van der Waals surface area contributed by atoms with E-state index in [4.69, 9.17) is 0 Å². The van der Waals surface area contributed by atoms with Gasteiger partial charge in [-0.1, -0.05) is 6.07 Å². The Morgan fingerprint density at radius 2 is 1.78 bits per heavy atom. The van der Waals surface area contributed by atoms with Gasteiger partial charge in [-0.3, -0.25) is 0 Å². The fourth-order valence-corrected chi connectivity index (χ4v) is 4.87. The summed E-state index contributed by atoms with van der Waals surface area (Å²) < 4.78 is 52.1. The van der Waals surface area contributed by atoms with Gasteiger partial charge in [0.25, 0.3) is 0 Å². The van der Waals surface area contributed by atoms with Crippen molar-refractivity contribution >= 4 is 32.5 Å². The largest absolute Gasteiger partial charge is 0.312 e. The second-order valence-electron chi connectivity index (χ2n) is 5.48. The molecule has 23 heavy (non-hydrogen) atoms. The van der Waals surface area contributed by atoms with Gasteiger partial charge in [0.1, 0.15) is 0 Å². The Balaban J connectivity index is 0.00000264. The molecule has 1 aromatic rings. The summed E-state index contributed by atoms with van der Waals surface area (Å²) in [5.41, 5.74) is 0. The van der Waals surface area contributed by atoms with Crippen LogP contribution >= 0.6 is 12.4 Å². The Morgan fingerprint density at radius 1 is 1.17 bits per heavy atom. The van der Waals surface area contributed by atoms with Gasteiger partial charge in [0.05, 0.1) is 9.79 Å². The zero-order valence-electron chi connectivity index (χ0n) is 13.3. The lowest BCUT2D eigenvalue weighted by molar-refractivity contribution is 0.310. The molecule has 1 unspecified atom stereocenters. The summed E-state index contributed by atoms with van der Waals surface area (Å²) in [5, 5.41) is 3.18. The summed E-state index contributed by atoms with van der Waals surface area (Å²) >= 11 is 0. The molecule has 0 amide bonds. The van der Waals surface area contributed by atoms with Crippen LogP contribution in [0.5, 0.6) is 0 Å². The molecule has 1 atom stereocenters. The molecular weight excluding hydrogens is 362 g/mol. The zero-order chi connectivity index (χ0) is 16.5. The van der Waals surface area contributed by atoms with Crippen molar-refractivity contribution in [2.45, 2.75) is 22.8 Å². The lowest BCUT2D eigenvalue weighted by Crippen LogP contribution is -2.51. The Morgan fingerprint density at radius 3 is 2.35 bits per heavy atom. The Bertz CT molecular complexity index is 750. The summed E-state index contributed by atoms with van der Waals surface area (Å²) in [4.78, 5) is -0.0220. The molecule has 1 N–H and O–H groups in total. The minimum absolute atomic E-state index is 0. The van der Waals surface area contributed by atoms with Crippen LogP contribution in [-0.2, 0) is 20.0 Å². The van der Waals surface area contributed by atoms with Gasteiger partial charge in [-0.25, -0.2) is 21.1 Å². The van der Waals surface area contributed by atoms with E-state index in [2.05, 4.69) is 5.32 Å². The first-order valence-corrected chi connectivity index (χ1v) is 9.80. The van der Waals surface area contributed by atoms with E-state index in [9.17, 15) is 16.8 Å². The molecule has 7 nitrogen and oxygen atoms in total. The highest BCUT2D eigenvalue weighted by Gasteiger charge is 2.29. The molecule has 0 aliphatic carbocycles. The highest BCUT2D eigenvalue weighted by Crippen LogP contribution is 2.22. The topological polar surface area (TPSA) is 86.8 Å². The molecule has 1 aliphatic rings. The van der Waals surface area contributed by atoms with E-state index in [0.29, 0.717) is 19.6 Å². The van der Waals surface area contributed by atoms with Gasteiger partial charge in [0.2, 0.25) is 20.0 Å². The molecule has 1 heterocycles. The van der Waals surface area contributed by atoms with E-state index in [0.717, 1.165) is 4.31 Å². The normalized spacial score (nSPS) is 20.3. The Kier molecular flexibility index (Phi) is 6.59. The number of hydrogen-bond donors (Lipinski definition) is 1. The van der Waals surface area contributed by atoms with E-state index in [-0.39, 0.29) is 28.2 Å². The van der Waals surface area contributed by atoms with Gasteiger partial charge >= 0.3 is 0 Å². The maximum atomic E-state index is 12.7. The number of piperazine rings is 1. The second-order valence-corrected chi connectivity index (χ2v) is 9.57. The molecule has 132 valence electrons. The van der Waals surface area contributed by atoms with Crippen molar-refractivity contribution < 1.29 is 16.8 Å². The van der Waals surface area contributed by atoms with Gasteiger partial charge < -0.3 is 5.32 Å². The van der Waals surface area contributed by atoms with Crippen LogP contribution in [0.4, 0.5) is 0 Å². The van der Waals surface area contributed by atoms with Gasteiger partial charge in [-0.05, 0) is 25.1 Å². The molecule has 1 saturated heterocycles. The van der Waals surface area contributed by atoms with Crippen LogP contribution in [0.25, 0.3) is 0 Å². The third-order valence-corrected chi connectivity index (χ3v) is 7.23. The van der Waals surface area contributed by atoms with E-state index < -0.39 is 20.0 Å². The third-order valence-electron chi connectivity index (χ3n) is 3.55. The lowest BCUT2D eigenvalue weighted by Gasteiger charge is -2.31. The van der Waals surface area contributed by atoms with Crippen LogP contribution in [0.1, 0.15) is 6.92 Å². The smallest absolute Gasteiger partial charge is 0.243 e. The maximum absolute atomic E-state index is 12.7. The minimum atomic E-state index is -3.69. The number of rotatable bonds is 4. The van der Waals surface area contributed by atoms with Crippen molar-refractivity contribution in [3.8, 4) is 0 Å². The number of halogens is 1. The number of nitrogens with one attached hydrogen (secondary N) is 1. The first kappa shape index (κ1) is 20.3. The fourth-order valence-electron chi connectivity index (χ4n) is 2.27. The van der Waals surface area contributed by atoms with Crippen LogP contribution in [0.3, 0.4) is 0 Å². The Labute approximate surface area is 144 Å². The van der Waals surface area contributed by atoms with Gasteiger partial charge in [0.15, 0.2) is 0 Å². The monoisotopic (exact) mass is 383 g/mol. The highest BCUT2D eigenvalue weighted by molar-refractivity contribution is 7.90. The molecule has 2 rings (SSSR count). The zero-order valence-corrected chi connectivity index (χ0v) is 15.7. The van der Waals surface area contributed by atoms with E-state index in [1.54, 1.807) is 0 Å². The van der Waals surface area contributed by atoms with Crippen LogP contribution in [0, 0.1) is 0 Å². The van der Waals surface area contributed by atoms with Gasteiger partial charge in [-0.15, -0.1) is 12.4 Å². The highest BCUT2D eigenvalue weighted by atomic mass is 35.5. The summed E-state index contributed by atoms with van der Waals surface area (Å²) in [6.45, 7) is 3.23. The van der Waals surface area contributed by atoms with Crippen LogP contribution in [0.15, 0.2) is 34.1 Å². The number of benzene rings is 1. The average molecular weight is 384 g/mol. The third kappa shape index (κ3) is 4.23. The van der Waals surface area contributed by atoms with E-state index >= 15 is 0 Å². The summed E-state index contributed by atoms with van der Waals surface area (Å²) in [7, 11) is -4.53. The van der Waals surface area contributed by atoms with Gasteiger partial charge in [-0.2, -0.15) is 4.31 Å². The predicted molar refractivity (Wildman–Crippen MR) is 90.8 cm³/mol. The van der Waals surface area contributed by atoms with Crippen molar-refractivity contribution in [2.24, 2.45) is 0 Å². The second kappa shape index (κ2) is 7.45. The quantitative estimate of drug-likeness (QED) is 0.810. The van der Waals surface area contributed by atoms with Crippen LogP contribution in [0.2, 0.25) is 0 Å². The SMILES string of the molecule is CC1CN(S(=O)(=O)c2cccc(S(=O)(=O)N(C)C)c2)CCN1.Cl. The molecule has 0 saturated carbocycles. The van der Waals surface area contributed by atoms with Crippen molar-refractivity contribution in [2.75, 3.05) is 33.7 Å². The van der Waals surface area contributed by atoms with Crippen LogP contribution < -0.4 is 5.32 Å². The molecule has 0 radical (unpaired) electrons. The van der Waals surface area contributed by atoms with Crippen molar-refractivity contribution in [3.05, 3.63) is 24.3 Å². The average Bonchev–Trinajstić information content (AvgIpc) is 2.47. The maximum Gasteiger partial charge on any atom is 0.243 e. The van der Waals surface area contributed by atoms with E-state index in [1.807, 2.05) is 6.92 Å². The standard InChI is InChI=1S/C13H21N3O4S2.ClH/c1-11-10-16(8-7-14-11)22(19,20)13-6-4-5-12(9-13)21(17,18)15(2)3;/h4-6,9,11,14H,7-8,10H2,1-3H3;1H. The Hall–Kier alpha value is -0.710. The van der Waals surface area contributed by atoms with Crippen molar-refractivity contribution in [1.82, 2.24) is 13.9 Å². The number of nitrogens with zero attached hydrogens (tertiary/aromatic N) is 2. The first-order valence-electron chi connectivity index (χ1n) is 6.92. The first-order chi connectivity index (χ1) is 10.2. The molecule has 1 fully saturated rings.